The minimum atomic E-state index is 0.235. The zero-order valence-electron chi connectivity index (χ0n) is 10.3. The third kappa shape index (κ3) is 2.61. The number of nitrogens with zero attached hydrogens (tertiary/aromatic N) is 4. The highest BCUT2D eigenvalue weighted by atomic mass is 16.3. The Bertz CT molecular complexity index is 499. The third-order valence-electron chi connectivity index (χ3n) is 2.39. The molecule has 0 amide bonds. The number of benzene rings is 1. The topological polar surface area (TPSA) is 63.8 Å². The first-order valence-electron chi connectivity index (χ1n) is 5.63. The molecule has 0 fully saturated rings. The Labute approximate surface area is 100 Å². The van der Waals surface area contributed by atoms with Crippen LogP contribution in [0.1, 0.15) is 19.4 Å². The predicted octanol–water partition coefficient (Wildman–Crippen LogP) is 2.01. The van der Waals surface area contributed by atoms with Gasteiger partial charge in [0, 0.05) is 12.1 Å². The standard InChI is InChI=1S/C12H16N4O/c1-8(2)7-16-12(13-14-15-16)10-4-9(3)5-11(17)6-10/h4-6,8,17H,7H2,1-3H3. The zero-order chi connectivity index (χ0) is 12.4. The van der Waals surface area contributed by atoms with E-state index in [9.17, 15) is 5.11 Å². The van der Waals surface area contributed by atoms with Gasteiger partial charge in [0.25, 0.3) is 0 Å². The summed E-state index contributed by atoms with van der Waals surface area (Å²) in [6.07, 6.45) is 0. The highest BCUT2D eigenvalue weighted by molar-refractivity contribution is 5.58. The van der Waals surface area contributed by atoms with Crippen molar-refractivity contribution < 1.29 is 5.11 Å². The summed E-state index contributed by atoms with van der Waals surface area (Å²) in [5.74, 6) is 1.40. The van der Waals surface area contributed by atoms with Crippen LogP contribution < -0.4 is 0 Å². The second-order valence-electron chi connectivity index (χ2n) is 4.64. The van der Waals surface area contributed by atoms with Gasteiger partial charge in [-0.1, -0.05) is 13.8 Å². The fourth-order valence-corrected chi connectivity index (χ4v) is 1.77. The van der Waals surface area contributed by atoms with Crippen molar-refractivity contribution in [2.45, 2.75) is 27.3 Å². The first kappa shape index (κ1) is 11.6. The fourth-order valence-electron chi connectivity index (χ4n) is 1.77. The molecule has 1 N–H and O–H groups in total. The number of hydrogen-bond donors (Lipinski definition) is 1. The second kappa shape index (κ2) is 4.53. The van der Waals surface area contributed by atoms with E-state index in [1.165, 1.54) is 0 Å². The van der Waals surface area contributed by atoms with Crippen LogP contribution in [0.4, 0.5) is 0 Å². The fraction of sp³-hybridized carbons (Fsp3) is 0.417. The molecule has 1 aromatic heterocycles. The molecule has 0 aliphatic rings. The molecule has 0 atom stereocenters. The van der Waals surface area contributed by atoms with E-state index in [1.54, 1.807) is 16.8 Å². The Morgan fingerprint density at radius 1 is 1.29 bits per heavy atom. The predicted molar refractivity (Wildman–Crippen MR) is 64.5 cm³/mol. The van der Waals surface area contributed by atoms with E-state index in [4.69, 9.17) is 0 Å². The van der Waals surface area contributed by atoms with Crippen molar-refractivity contribution in [1.29, 1.82) is 0 Å². The molecule has 0 aliphatic carbocycles. The van der Waals surface area contributed by atoms with Crippen molar-refractivity contribution in [3.05, 3.63) is 23.8 Å². The molecular formula is C12H16N4O. The number of rotatable bonds is 3. The molecule has 5 nitrogen and oxygen atoms in total. The summed E-state index contributed by atoms with van der Waals surface area (Å²) in [7, 11) is 0. The maximum absolute atomic E-state index is 9.59. The van der Waals surface area contributed by atoms with Gasteiger partial charge in [0.15, 0.2) is 5.82 Å². The van der Waals surface area contributed by atoms with Gasteiger partial charge in [-0.3, -0.25) is 0 Å². The lowest BCUT2D eigenvalue weighted by atomic mass is 10.1. The van der Waals surface area contributed by atoms with Crippen LogP contribution in [0.5, 0.6) is 5.75 Å². The van der Waals surface area contributed by atoms with Crippen LogP contribution in [0.3, 0.4) is 0 Å². The van der Waals surface area contributed by atoms with Gasteiger partial charge in [-0.15, -0.1) is 5.10 Å². The molecular weight excluding hydrogens is 216 g/mol. The third-order valence-corrected chi connectivity index (χ3v) is 2.39. The average Bonchev–Trinajstić information content (AvgIpc) is 2.63. The van der Waals surface area contributed by atoms with Crippen molar-refractivity contribution in [3.63, 3.8) is 0 Å². The van der Waals surface area contributed by atoms with Gasteiger partial charge in [0.1, 0.15) is 5.75 Å². The van der Waals surface area contributed by atoms with Gasteiger partial charge in [-0.25, -0.2) is 4.68 Å². The van der Waals surface area contributed by atoms with Gasteiger partial charge < -0.3 is 5.11 Å². The van der Waals surface area contributed by atoms with Crippen LogP contribution in [0.25, 0.3) is 11.4 Å². The van der Waals surface area contributed by atoms with Gasteiger partial charge in [-0.2, -0.15) is 0 Å². The minimum Gasteiger partial charge on any atom is -0.508 e. The smallest absolute Gasteiger partial charge is 0.182 e. The summed E-state index contributed by atoms with van der Waals surface area (Å²) in [6, 6.07) is 5.35. The molecule has 2 aromatic rings. The minimum absolute atomic E-state index is 0.235. The Balaban J connectivity index is 2.42. The molecule has 0 radical (unpaired) electrons. The number of hydrogen-bond acceptors (Lipinski definition) is 4. The normalized spacial score (nSPS) is 11.1. The van der Waals surface area contributed by atoms with E-state index in [0.29, 0.717) is 11.7 Å². The van der Waals surface area contributed by atoms with Crippen molar-refractivity contribution in [1.82, 2.24) is 20.2 Å². The molecule has 0 spiro atoms. The Morgan fingerprint density at radius 3 is 2.71 bits per heavy atom. The quantitative estimate of drug-likeness (QED) is 0.879. The number of phenols is 1. The van der Waals surface area contributed by atoms with Gasteiger partial charge in [0.05, 0.1) is 0 Å². The van der Waals surface area contributed by atoms with Crippen LogP contribution in [-0.2, 0) is 6.54 Å². The highest BCUT2D eigenvalue weighted by Gasteiger charge is 2.11. The largest absolute Gasteiger partial charge is 0.508 e. The first-order chi connectivity index (χ1) is 8.06. The zero-order valence-corrected chi connectivity index (χ0v) is 10.3. The lowest BCUT2D eigenvalue weighted by Gasteiger charge is -2.07. The van der Waals surface area contributed by atoms with E-state index >= 15 is 0 Å². The molecule has 90 valence electrons. The SMILES string of the molecule is Cc1cc(O)cc(-c2nnnn2CC(C)C)c1. The number of aromatic hydroxyl groups is 1. The van der Waals surface area contributed by atoms with Crippen molar-refractivity contribution in [2.24, 2.45) is 5.92 Å². The number of phenolic OH excluding ortho intramolecular Hbond substituents is 1. The van der Waals surface area contributed by atoms with Gasteiger partial charge in [-0.05, 0) is 47.0 Å². The molecule has 0 bridgehead atoms. The number of tetrazole rings is 1. The molecule has 1 heterocycles. The lowest BCUT2D eigenvalue weighted by Crippen LogP contribution is -2.08. The van der Waals surface area contributed by atoms with Crippen LogP contribution in [-0.4, -0.2) is 25.3 Å². The van der Waals surface area contributed by atoms with Crippen LogP contribution in [0, 0.1) is 12.8 Å². The summed E-state index contributed by atoms with van der Waals surface area (Å²) in [5.41, 5.74) is 1.83. The van der Waals surface area contributed by atoms with E-state index in [2.05, 4.69) is 29.4 Å². The van der Waals surface area contributed by atoms with Crippen LogP contribution in [0.2, 0.25) is 0 Å². The molecule has 2 rings (SSSR count). The van der Waals surface area contributed by atoms with E-state index < -0.39 is 0 Å². The summed E-state index contributed by atoms with van der Waals surface area (Å²) >= 11 is 0. The summed E-state index contributed by atoms with van der Waals surface area (Å²) in [5, 5.41) is 21.3. The Morgan fingerprint density at radius 2 is 2.06 bits per heavy atom. The molecule has 17 heavy (non-hydrogen) atoms. The molecule has 0 saturated carbocycles. The van der Waals surface area contributed by atoms with Crippen LogP contribution >= 0.6 is 0 Å². The molecule has 0 unspecified atom stereocenters. The highest BCUT2D eigenvalue weighted by Crippen LogP contribution is 2.23. The monoisotopic (exact) mass is 232 g/mol. The van der Waals surface area contributed by atoms with Crippen LogP contribution in [0.15, 0.2) is 18.2 Å². The lowest BCUT2D eigenvalue weighted by molar-refractivity contribution is 0.472. The van der Waals surface area contributed by atoms with Crippen molar-refractivity contribution in [3.8, 4) is 17.1 Å². The van der Waals surface area contributed by atoms with Crippen molar-refractivity contribution in [2.75, 3.05) is 0 Å². The molecule has 1 aromatic carbocycles. The molecule has 5 heteroatoms. The summed E-state index contributed by atoms with van der Waals surface area (Å²) in [6.45, 7) is 6.91. The maximum Gasteiger partial charge on any atom is 0.182 e. The van der Waals surface area contributed by atoms with E-state index in [0.717, 1.165) is 17.7 Å². The number of aromatic nitrogens is 4. The van der Waals surface area contributed by atoms with E-state index in [-0.39, 0.29) is 5.75 Å². The second-order valence-corrected chi connectivity index (χ2v) is 4.64. The van der Waals surface area contributed by atoms with Gasteiger partial charge in [0.2, 0.25) is 0 Å². The first-order valence-corrected chi connectivity index (χ1v) is 5.63. The number of aryl methyl sites for hydroxylation is 1. The van der Waals surface area contributed by atoms with Crippen molar-refractivity contribution >= 4 is 0 Å². The maximum atomic E-state index is 9.59. The Kier molecular flexibility index (Phi) is 3.08. The summed E-state index contributed by atoms with van der Waals surface area (Å²) < 4.78 is 1.76. The van der Waals surface area contributed by atoms with Gasteiger partial charge >= 0.3 is 0 Å². The summed E-state index contributed by atoms with van der Waals surface area (Å²) in [4.78, 5) is 0. The molecule has 0 aliphatic heterocycles. The Hall–Kier alpha value is -1.91. The molecule has 0 saturated heterocycles. The average molecular weight is 232 g/mol. The van der Waals surface area contributed by atoms with E-state index in [1.807, 2.05) is 13.0 Å².